The summed E-state index contributed by atoms with van der Waals surface area (Å²) in [6.07, 6.45) is 0. The molecule has 0 radical (unpaired) electrons. The molecule has 8 aromatic carbocycles. The second kappa shape index (κ2) is 12.6. The van der Waals surface area contributed by atoms with Crippen molar-refractivity contribution in [1.82, 2.24) is 19.5 Å². The fourth-order valence-electron chi connectivity index (χ4n) is 8.40. The molecule has 0 spiro atoms. The van der Waals surface area contributed by atoms with Gasteiger partial charge in [0.2, 0.25) is 0 Å². The summed E-state index contributed by atoms with van der Waals surface area (Å²) in [7, 11) is 0. The van der Waals surface area contributed by atoms with Crippen molar-refractivity contribution in [3.05, 3.63) is 182 Å². The number of thiophene rings is 1. The van der Waals surface area contributed by atoms with Crippen LogP contribution in [0.3, 0.4) is 0 Å². The smallest absolute Gasteiger partial charge is 0.164 e. The molecule has 0 aliphatic rings. The maximum Gasteiger partial charge on any atom is 0.164 e. The van der Waals surface area contributed by atoms with Crippen LogP contribution in [-0.2, 0) is 0 Å². The molecular weight excluding hydrogens is 717 g/mol. The number of para-hydroxylation sites is 2. The van der Waals surface area contributed by atoms with Crippen molar-refractivity contribution in [1.29, 1.82) is 0 Å². The highest BCUT2D eigenvalue weighted by molar-refractivity contribution is 7.26. The SMILES string of the molecule is c1ccc(-c2cc(-c3nc(-c4ccccc4)nc(-c4ccc5c(c4)oc4ccccc45)n3)cc(-n3c4ccccc4c4c5sc6ccccc6c5ccc43)c2)cc1. The number of hydrogen-bond donors (Lipinski definition) is 0. The van der Waals surface area contributed by atoms with Gasteiger partial charge >= 0.3 is 0 Å². The number of aromatic nitrogens is 4. The molecule has 0 unspecified atom stereocenters. The lowest BCUT2D eigenvalue weighted by Crippen LogP contribution is -2.02. The number of fused-ring (bicyclic) bond motifs is 10. The van der Waals surface area contributed by atoms with Crippen molar-refractivity contribution in [2.24, 2.45) is 0 Å². The van der Waals surface area contributed by atoms with E-state index in [9.17, 15) is 0 Å². The zero-order valence-electron chi connectivity index (χ0n) is 30.4. The van der Waals surface area contributed by atoms with Crippen molar-refractivity contribution in [2.45, 2.75) is 0 Å². The summed E-state index contributed by atoms with van der Waals surface area (Å²) >= 11 is 1.87. The lowest BCUT2D eigenvalue weighted by Gasteiger charge is -2.14. The van der Waals surface area contributed by atoms with E-state index in [2.05, 4.69) is 132 Å². The predicted molar refractivity (Wildman–Crippen MR) is 236 cm³/mol. The van der Waals surface area contributed by atoms with Gasteiger partial charge in [0.1, 0.15) is 11.2 Å². The topological polar surface area (TPSA) is 56.7 Å². The van der Waals surface area contributed by atoms with Gasteiger partial charge in [-0.2, -0.15) is 0 Å². The van der Waals surface area contributed by atoms with Gasteiger partial charge in [0, 0.05) is 64.1 Å². The third-order valence-electron chi connectivity index (χ3n) is 11.0. The first kappa shape index (κ1) is 31.9. The first-order chi connectivity index (χ1) is 28.2. The number of benzene rings is 8. The Labute approximate surface area is 330 Å². The van der Waals surface area contributed by atoms with Gasteiger partial charge in [0.05, 0.1) is 11.0 Å². The van der Waals surface area contributed by atoms with Crippen molar-refractivity contribution in [3.8, 4) is 51.0 Å². The third-order valence-corrected chi connectivity index (χ3v) is 12.2. The van der Waals surface area contributed by atoms with Gasteiger partial charge in [-0.3, -0.25) is 0 Å². The van der Waals surface area contributed by atoms with Gasteiger partial charge in [-0.1, -0.05) is 127 Å². The third kappa shape index (κ3) is 5.12. The fourth-order valence-corrected chi connectivity index (χ4v) is 9.65. The second-order valence-electron chi connectivity index (χ2n) is 14.4. The minimum atomic E-state index is 0.580. The van der Waals surface area contributed by atoms with Crippen LogP contribution in [0.15, 0.2) is 186 Å². The molecule has 0 fully saturated rings. The first-order valence-corrected chi connectivity index (χ1v) is 19.8. The highest BCUT2D eigenvalue weighted by Crippen LogP contribution is 2.44. The van der Waals surface area contributed by atoms with Crippen LogP contribution >= 0.6 is 11.3 Å². The predicted octanol–water partition coefficient (Wildman–Crippen LogP) is 13.9. The maximum atomic E-state index is 6.31. The molecule has 0 bridgehead atoms. The molecule has 0 saturated carbocycles. The van der Waals surface area contributed by atoms with E-state index >= 15 is 0 Å². The number of rotatable bonds is 5. The number of nitrogens with zero attached hydrogens (tertiary/aromatic N) is 4. The Balaban J connectivity index is 1.12. The van der Waals surface area contributed by atoms with Crippen molar-refractivity contribution < 1.29 is 4.42 Å². The summed E-state index contributed by atoms with van der Waals surface area (Å²) in [6.45, 7) is 0. The Kier molecular flexibility index (Phi) is 7.03. The summed E-state index contributed by atoms with van der Waals surface area (Å²) in [4.78, 5) is 15.5. The zero-order valence-corrected chi connectivity index (χ0v) is 31.2. The van der Waals surface area contributed by atoms with E-state index in [1.165, 1.54) is 30.9 Å². The minimum absolute atomic E-state index is 0.580. The fraction of sp³-hybridized carbons (Fsp3) is 0. The molecule has 12 aromatic rings. The molecule has 5 nitrogen and oxygen atoms in total. The summed E-state index contributed by atoms with van der Waals surface area (Å²) < 4.78 is 11.3. The van der Waals surface area contributed by atoms with Crippen molar-refractivity contribution in [3.63, 3.8) is 0 Å². The van der Waals surface area contributed by atoms with E-state index in [4.69, 9.17) is 19.4 Å². The quantitative estimate of drug-likeness (QED) is 0.176. The molecule has 4 heterocycles. The molecule has 0 aliphatic heterocycles. The zero-order chi connectivity index (χ0) is 37.5. The molecule has 0 N–H and O–H groups in total. The van der Waals surface area contributed by atoms with Crippen LogP contribution in [0, 0.1) is 0 Å². The normalized spacial score (nSPS) is 11.9. The van der Waals surface area contributed by atoms with Crippen LogP contribution < -0.4 is 0 Å². The van der Waals surface area contributed by atoms with Gasteiger partial charge in [-0.05, 0) is 65.7 Å². The monoisotopic (exact) mass is 746 g/mol. The lowest BCUT2D eigenvalue weighted by molar-refractivity contribution is 0.669. The summed E-state index contributed by atoms with van der Waals surface area (Å²) in [5, 5.41) is 7.23. The van der Waals surface area contributed by atoms with Gasteiger partial charge in [-0.15, -0.1) is 11.3 Å². The largest absolute Gasteiger partial charge is 0.456 e. The van der Waals surface area contributed by atoms with Crippen molar-refractivity contribution in [2.75, 3.05) is 0 Å². The maximum absolute atomic E-state index is 6.31. The first-order valence-electron chi connectivity index (χ1n) is 19.0. The van der Waals surface area contributed by atoms with Gasteiger partial charge < -0.3 is 8.98 Å². The molecule has 0 atom stereocenters. The van der Waals surface area contributed by atoms with E-state index in [0.29, 0.717) is 17.5 Å². The van der Waals surface area contributed by atoms with E-state index in [1.54, 1.807) is 0 Å². The second-order valence-corrected chi connectivity index (χ2v) is 15.5. The molecule has 0 aliphatic carbocycles. The molecule has 4 aromatic heterocycles. The summed E-state index contributed by atoms with van der Waals surface area (Å²) in [5.74, 6) is 1.78. The molecule has 0 saturated heterocycles. The average Bonchev–Trinajstić information content (AvgIpc) is 3.96. The average molecular weight is 747 g/mol. The Hall–Kier alpha value is -7.41. The minimum Gasteiger partial charge on any atom is -0.456 e. The molecule has 6 heteroatoms. The number of furan rings is 1. The van der Waals surface area contributed by atoms with Crippen LogP contribution in [0.1, 0.15) is 0 Å². The van der Waals surface area contributed by atoms with E-state index in [0.717, 1.165) is 66.5 Å². The summed E-state index contributed by atoms with van der Waals surface area (Å²) in [6, 6.07) is 63.8. The highest BCUT2D eigenvalue weighted by Gasteiger charge is 2.20. The van der Waals surface area contributed by atoms with E-state index in [-0.39, 0.29) is 0 Å². The van der Waals surface area contributed by atoms with E-state index < -0.39 is 0 Å². The van der Waals surface area contributed by atoms with Gasteiger partial charge in [0.15, 0.2) is 17.5 Å². The Morgan fingerprint density at radius 1 is 0.386 bits per heavy atom. The number of hydrogen-bond acceptors (Lipinski definition) is 5. The molecule has 0 amide bonds. The van der Waals surface area contributed by atoms with Gasteiger partial charge in [0.25, 0.3) is 0 Å². The molecule has 266 valence electrons. The highest BCUT2D eigenvalue weighted by atomic mass is 32.1. The molecule has 57 heavy (non-hydrogen) atoms. The van der Waals surface area contributed by atoms with Crippen molar-refractivity contribution >= 4 is 75.3 Å². The Morgan fingerprint density at radius 3 is 1.82 bits per heavy atom. The van der Waals surface area contributed by atoms with Crippen LogP contribution in [0.25, 0.3) is 115 Å². The van der Waals surface area contributed by atoms with Crippen LogP contribution in [-0.4, -0.2) is 19.5 Å². The van der Waals surface area contributed by atoms with E-state index in [1.807, 2.05) is 65.9 Å². The van der Waals surface area contributed by atoms with Gasteiger partial charge in [-0.25, -0.2) is 15.0 Å². The van der Waals surface area contributed by atoms with Crippen LogP contribution in [0.5, 0.6) is 0 Å². The summed E-state index contributed by atoms with van der Waals surface area (Å²) in [5.41, 5.74) is 9.85. The van der Waals surface area contributed by atoms with Crippen LogP contribution in [0.2, 0.25) is 0 Å². The molecule has 12 rings (SSSR count). The Morgan fingerprint density at radius 2 is 1.00 bits per heavy atom. The Bertz CT molecular complexity index is 3530. The van der Waals surface area contributed by atoms with Crippen LogP contribution in [0.4, 0.5) is 0 Å². The lowest BCUT2D eigenvalue weighted by atomic mass is 10.0. The molecular formula is C51H30N4OS. The standard InChI is InChI=1S/C51H30N4OS/c1-3-13-31(14-4-1)34-27-35(29-36(28-34)55-42-20-10-7-19-41(42)47-43(55)26-25-40-39-18-9-12-22-46(39)57-48(40)47)51-53-49(32-15-5-2-6-16-32)52-50(54-51)33-23-24-38-37-17-8-11-21-44(37)56-45(38)30-33/h1-30H.